The molecule has 5 heteroatoms. The summed E-state index contributed by atoms with van der Waals surface area (Å²) >= 11 is 0. The van der Waals surface area contributed by atoms with Gasteiger partial charge >= 0.3 is 0 Å². The molecule has 25 heavy (non-hydrogen) atoms. The monoisotopic (exact) mass is 346 g/mol. The predicted octanol–water partition coefficient (Wildman–Crippen LogP) is 2.86. The molecule has 3 heterocycles. The fraction of sp³-hybridized carbons (Fsp3) is 0.800. The van der Waals surface area contributed by atoms with Crippen LogP contribution in [0.4, 0.5) is 0 Å². The van der Waals surface area contributed by atoms with E-state index < -0.39 is 0 Å². The number of aryl methyl sites for hydroxylation is 2. The Morgan fingerprint density at radius 1 is 1.20 bits per heavy atom. The summed E-state index contributed by atoms with van der Waals surface area (Å²) in [6.07, 6.45) is 12.9. The summed E-state index contributed by atoms with van der Waals surface area (Å²) < 4.78 is 2.00. The molecule has 3 rings (SSSR count). The van der Waals surface area contributed by atoms with E-state index in [1.54, 1.807) is 6.33 Å². The van der Waals surface area contributed by atoms with Crippen molar-refractivity contribution in [2.75, 3.05) is 26.2 Å². The van der Waals surface area contributed by atoms with E-state index in [-0.39, 0.29) is 0 Å². The van der Waals surface area contributed by atoms with Crippen LogP contribution in [0, 0.1) is 5.92 Å². The lowest BCUT2D eigenvalue weighted by molar-refractivity contribution is -0.132. The molecule has 0 N–H and O–H groups in total. The topological polar surface area (TPSA) is 41.4 Å². The van der Waals surface area contributed by atoms with Crippen molar-refractivity contribution in [3.63, 3.8) is 0 Å². The van der Waals surface area contributed by atoms with Crippen LogP contribution in [0.1, 0.15) is 57.6 Å². The lowest BCUT2D eigenvalue weighted by atomic mass is 9.92. The fourth-order valence-electron chi connectivity index (χ4n) is 4.33. The molecular weight excluding hydrogens is 312 g/mol. The number of aromatic nitrogens is 2. The summed E-state index contributed by atoms with van der Waals surface area (Å²) in [4.78, 5) is 21.3. The van der Waals surface area contributed by atoms with Crippen molar-refractivity contribution < 1.29 is 4.79 Å². The first-order valence-electron chi connectivity index (χ1n) is 10.1. The fourth-order valence-corrected chi connectivity index (χ4v) is 4.33. The number of amides is 1. The molecule has 1 aromatic heterocycles. The molecular formula is C20H34N4O. The number of piperidine rings is 2. The first-order valence-corrected chi connectivity index (χ1v) is 10.1. The van der Waals surface area contributed by atoms with Gasteiger partial charge in [0.15, 0.2) is 0 Å². The number of hydrogen-bond acceptors (Lipinski definition) is 3. The Morgan fingerprint density at radius 3 is 2.68 bits per heavy atom. The second-order valence-corrected chi connectivity index (χ2v) is 7.99. The zero-order valence-corrected chi connectivity index (χ0v) is 16.0. The Balaban J connectivity index is 1.35. The molecule has 2 aliphatic heterocycles. The molecule has 1 amide bonds. The molecule has 1 aromatic rings. The van der Waals surface area contributed by atoms with Gasteiger partial charge in [-0.2, -0.15) is 0 Å². The van der Waals surface area contributed by atoms with Gasteiger partial charge in [0.2, 0.25) is 5.91 Å². The van der Waals surface area contributed by atoms with E-state index in [2.05, 4.69) is 21.7 Å². The van der Waals surface area contributed by atoms with Gasteiger partial charge < -0.3 is 14.4 Å². The van der Waals surface area contributed by atoms with Gasteiger partial charge in [0.05, 0.1) is 6.33 Å². The second kappa shape index (κ2) is 8.84. The van der Waals surface area contributed by atoms with Crippen molar-refractivity contribution in [2.45, 2.75) is 64.3 Å². The number of imidazole rings is 1. The van der Waals surface area contributed by atoms with Gasteiger partial charge in [-0.3, -0.25) is 4.79 Å². The molecule has 140 valence electrons. The van der Waals surface area contributed by atoms with Crippen LogP contribution in [-0.4, -0.2) is 57.5 Å². The molecule has 2 fully saturated rings. The second-order valence-electron chi connectivity index (χ2n) is 7.99. The van der Waals surface area contributed by atoms with Crippen molar-refractivity contribution in [3.05, 3.63) is 18.2 Å². The highest BCUT2D eigenvalue weighted by Crippen LogP contribution is 2.24. The zero-order chi connectivity index (χ0) is 17.6. The smallest absolute Gasteiger partial charge is 0.222 e. The molecule has 2 saturated heterocycles. The lowest BCUT2D eigenvalue weighted by Crippen LogP contribution is -2.41. The van der Waals surface area contributed by atoms with Gasteiger partial charge in [-0.25, -0.2) is 4.98 Å². The number of carbonyl (C=O) groups is 1. The molecule has 1 atom stereocenters. The highest BCUT2D eigenvalue weighted by atomic mass is 16.2. The molecule has 5 nitrogen and oxygen atoms in total. The summed E-state index contributed by atoms with van der Waals surface area (Å²) in [5.41, 5.74) is 1.14. The summed E-state index contributed by atoms with van der Waals surface area (Å²) in [5, 5.41) is 0. The maximum Gasteiger partial charge on any atom is 0.222 e. The van der Waals surface area contributed by atoms with Crippen molar-refractivity contribution in [3.8, 4) is 0 Å². The standard InChI is InChI=1S/C20H34N4O/c1-17-5-3-4-11-23(17)12-8-18-9-13-24(14-10-18)20(25)7-6-19-15-21-16-22(19)2/h15-18H,3-14H2,1-2H3/t17-/m1/s1. The van der Waals surface area contributed by atoms with Gasteiger partial charge in [0.25, 0.3) is 0 Å². The Kier molecular flexibility index (Phi) is 6.51. The van der Waals surface area contributed by atoms with Crippen molar-refractivity contribution >= 4 is 5.91 Å². The summed E-state index contributed by atoms with van der Waals surface area (Å²) in [7, 11) is 1.99. The van der Waals surface area contributed by atoms with Crippen molar-refractivity contribution in [1.29, 1.82) is 0 Å². The SMILES string of the molecule is C[C@@H]1CCCCN1CCC1CCN(C(=O)CCc2cncn2C)CC1. The Hall–Kier alpha value is -1.36. The van der Waals surface area contributed by atoms with Crippen LogP contribution < -0.4 is 0 Å². The van der Waals surface area contributed by atoms with Crippen molar-refractivity contribution in [1.82, 2.24) is 19.4 Å². The maximum absolute atomic E-state index is 12.4. The minimum absolute atomic E-state index is 0.310. The molecule has 2 aliphatic rings. The third-order valence-corrected chi connectivity index (χ3v) is 6.24. The predicted molar refractivity (Wildman–Crippen MR) is 100 cm³/mol. The van der Waals surface area contributed by atoms with E-state index in [0.29, 0.717) is 12.3 Å². The molecule has 0 aromatic carbocycles. The van der Waals surface area contributed by atoms with Gasteiger partial charge in [0, 0.05) is 44.5 Å². The Labute approximate surface area is 152 Å². The van der Waals surface area contributed by atoms with Crippen LogP contribution in [0.2, 0.25) is 0 Å². The molecule has 0 aliphatic carbocycles. The van der Waals surface area contributed by atoms with Crippen LogP contribution >= 0.6 is 0 Å². The minimum Gasteiger partial charge on any atom is -0.343 e. The number of rotatable bonds is 6. The van der Waals surface area contributed by atoms with Gasteiger partial charge in [-0.15, -0.1) is 0 Å². The van der Waals surface area contributed by atoms with Gasteiger partial charge in [0.1, 0.15) is 0 Å². The van der Waals surface area contributed by atoms with Gasteiger partial charge in [-0.1, -0.05) is 6.42 Å². The zero-order valence-electron chi connectivity index (χ0n) is 16.0. The first kappa shape index (κ1) is 18.4. The quantitative estimate of drug-likeness (QED) is 0.795. The first-order chi connectivity index (χ1) is 12.1. The van der Waals surface area contributed by atoms with Crippen LogP contribution in [0.25, 0.3) is 0 Å². The number of nitrogens with zero attached hydrogens (tertiary/aromatic N) is 4. The third-order valence-electron chi connectivity index (χ3n) is 6.24. The van der Waals surface area contributed by atoms with Crippen molar-refractivity contribution in [2.24, 2.45) is 13.0 Å². The average molecular weight is 347 g/mol. The van der Waals surface area contributed by atoms with E-state index in [0.717, 1.165) is 37.2 Å². The van der Waals surface area contributed by atoms with Crippen LogP contribution in [0.15, 0.2) is 12.5 Å². The Bertz CT molecular complexity index is 548. The molecule has 0 radical (unpaired) electrons. The number of hydrogen-bond donors (Lipinski definition) is 0. The minimum atomic E-state index is 0.310. The summed E-state index contributed by atoms with van der Waals surface area (Å²) in [5.74, 6) is 1.11. The number of likely N-dealkylation sites (tertiary alicyclic amines) is 2. The van der Waals surface area contributed by atoms with Crippen LogP contribution in [-0.2, 0) is 18.3 Å². The molecule has 0 saturated carbocycles. The van der Waals surface area contributed by atoms with E-state index in [4.69, 9.17) is 0 Å². The number of carbonyl (C=O) groups excluding carboxylic acids is 1. The largest absolute Gasteiger partial charge is 0.343 e. The van der Waals surface area contributed by atoms with Gasteiger partial charge in [-0.05, 0) is 64.5 Å². The summed E-state index contributed by atoms with van der Waals surface area (Å²) in [6, 6.07) is 0.766. The van der Waals surface area contributed by atoms with E-state index >= 15 is 0 Å². The maximum atomic E-state index is 12.4. The lowest BCUT2D eigenvalue weighted by Gasteiger charge is -2.36. The highest BCUT2D eigenvalue weighted by Gasteiger charge is 2.24. The highest BCUT2D eigenvalue weighted by molar-refractivity contribution is 5.76. The molecule has 0 unspecified atom stereocenters. The van der Waals surface area contributed by atoms with Crippen LogP contribution in [0.5, 0.6) is 0 Å². The third kappa shape index (κ3) is 5.06. The van der Waals surface area contributed by atoms with E-state index in [1.165, 1.54) is 51.6 Å². The molecule has 0 spiro atoms. The Morgan fingerprint density at radius 2 is 2.00 bits per heavy atom. The summed E-state index contributed by atoms with van der Waals surface area (Å²) in [6.45, 7) is 6.81. The average Bonchev–Trinajstić information content (AvgIpc) is 3.04. The van der Waals surface area contributed by atoms with E-state index in [1.807, 2.05) is 17.8 Å². The van der Waals surface area contributed by atoms with Crippen LogP contribution in [0.3, 0.4) is 0 Å². The molecule has 0 bridgehead atoms. The van der Waals surface area contributed by atoms with E-state index in [9.17, 15) is 4.79 Å². The normalized spacial score (nSPS) is 23.1.